The van der Waals surface area contributed by atoms with E-state index in [1.807, 2.05) is 32.9 Å². The van der Waals surface area contributed by atoms with Crippen molar-refractivity contribution < 1.29 is 19.1 Å². The second kappa shape index (κ2) is 7.10. The number of hydrogen-bond donors (Lipinski definition) is 2. The molecule has 31 heavy (non-hydrogen) atoms. The van der Waals surface area contributed by atoms with Crippen molar-refractivity contribution in [2.75, 3.05) is 26.3 Å². The predicted molar refractivity (Wildman–Crippen MR) is 115 cm³/mol. The third kappa shape index (κ3) is 3.76. The minimum atomic E-state index is -0.676. The van der Waals surface area contributed by atoms with E-state index in [4.69, 9.17) is 26.1 Å². The minimum Gasteiger partial charge on any atom is -0.444 e. The molecule has 3 atom stereocenters. The highest BCUT2D eigenvalue weighted by Gasteiger charge is 2.61. The number of benzene rings is 1. The number of hydrogen-bond acceptors (Lipinski definition) is 5. The first-order valence-electron chi connectivity index (χ1n) is 10.7. The number of nitrogens with zero attached hydrogens (tertiary/aromatic N) is 2. The van der Waals surface area contributed by atoms with Gasteiger partial charge in [0.25, 0.3) is 0 Å². The summed E-state index contributed by atoms with van der Waals surface area (Å²) in [5.74, 6) is 0.970. The van der Waals surface area contributed by atoms with Crippen LogP contribution in [-0.4, -0.2) is 58.8 Å². The summed E-state index contributed by atoms with van der Waals surface area (Å²) in [6.07, 6.45) is 0.346. The number of rotatable bonds is 3. The van der Waals surface area contributed by atoms with Crippen molar-refractivity contribution in [1.29, 1.82) is 0 Å². The Morgan fingerprint density at radius 2 is 2.06 bits per heavy atom. The van der Waals surface area contributed by atoms with Crippen molar-refractivity contribution in [3.63, 3.8) is 0 Å². The molecular weight excluding hydrogens is 420 g/mol. The molecule has 2 amide bonds. The highest BCUT2D eigenvalue weighted by molar-refractivity contribution is 6.31. The summed E-state index contributed by atoms with van der Waals surface area (Å²) in [6, 6.07) is 5.49. The van der Waals surface area contributed by atoms with Crippen LogP contribution in [0.15, 0.2) is 18.2 Å². The molecule has 2 aliphatic heterocycles. The van der Waals surface area contributed by atoms with Gasteiger partial charge in [-0.2, -0.15) is 0 Å². The Labute approximate surface area is 185 Å². The number of ether oxygens (including phenoxy) is 2. The SMILES string of the molecule is CC(C)(C)OC(=O)N1CC2C(C1)C2C(=O)NC1(c2nc3ccc(Cl)cc3[nH]2)CCOC1. The minimum absolute atomic E-state index is 0.00262. The van der Waals surface area contributed by atoms with Crippen LogP contribution in [0.25, 0.3) is 11.0 Å². The number of H-pyrrole nitrogens is 1. The molecule has 1 aromatic heterocycles. The number of imidazole rings is 1. The standard InChI is InChI=1S/C22H27ClN4O4/c1-21(2,3)31-20(29)27-9-13-14(10-27)17(13)18(28)26-22(6-7-30-11-22)19-24-15-5-4-12(23)8-16(15)25-19/h4-5,8,13-14,17H,6-7,9-11H2,1-3H3,(H,24,25)(H,26,28). The van der Waals surface area contributed by atoms with Gasteiger partial charge in [0.15, 0.2) is 0 Å². The van der Waals surface area contributed by atoms with Crippen LogP contribution in [0.4, 0.5) is 4.79 Å². The first kappa shape index (κ1) is 20.6. The average Bonchev–Trinajstić information content (AvgIpc) is 3.11. The highest BCUT2D eigenvalue weighted by Crippen LogP contribution is 2.52. The molecule has 1 aliphatic carbocycles. The van der Waals surface area contributed by atoms with Gasteiger partial charge >= 0.3 is 6.09 Å². The summed E-state index contributed by atoms with van der Waals surface area (Å²) < 4.78 is 11.1. The Kier molecular flexibility index (Phi) is 4.71. The fourth-order valence-electron chi connectivity index (χ4n) is 4.83. The van der Waals surface area contributed by atoms with E-state index < -0.39 is 11.1 Å². The third-order valence-corrected chi connectivity index (χ3v) is 6.66. The van der Waals surface area contributed by atoms with E-state index in [1.165, 1.54) is 0 Å². The van der Waals surface area contributed by atoms with Crippen LogP contribution in [0.3, 0.4) is 0 Å². The number of carbonyl (C=O) groups excluding carboxylic acids is 2. The van der Waals surface area contributed by atoms with E-state index in [0.717, 1.165) is 11.0 Å². The van der Waals surface area contributed by atoms with Crippen LogP contribution < -0.4 is 5.32 Å². The monoisotopic (exact) mass is 446 g/mol. The van der Waals surface area contributed by atoms with Gasteiger partial charge in [-0.1, -0.05) is 11.6 Å². The van der Waals surface area contributed by atoms with Crippen molar-refractivity contribution >= 4 is 34.6 Å². The molecule has 0 radical (unpaired) electrons. The topological polar surface area (TPSA) is 96.5 Å². The highest BCUT2D eigenvalue weighted by atomic mass is 35.5. The van der Waals surface area contributed by atoms with Crippen molar-refractivity contribution in [1.82, 2.24) is 20.2 Å². The van der Waals surface area contributed by atoms with Gasteiger partial charge < -0.3 is 24.7 Å². The molecule has 3 fully saturated rings. The van der Waals surface area contributed by atoms with Crippen LogP contribution in [0.1, 0.15) is 33.0 Å². The van der Waals surface area contributed by atoms with E-state index in [-0.39, 0.29) is 29.8 Å². The number of likely N-dealkylation sites (tertiary alicyclic amines) is 1. The molecule has 0 spiro atoms. The molecular formula is C22H27ClN4O4. The lowest BCUT2D eigenvalue weighted by Gasteiger charge is -2.28. The zero-order valence-electron chi connectivity index (χ0n) is 17.9. The number of fused-ring (bicyclic) bond motifs is 2. The number of carbonyl (C=O) groups is 2. The maximum Gasteiger partial charge on any atom is 0.410 e. The van der Waals surface area contributed by atoms with Gasteiger partial charge in [-0.3, -0.25) is 4.79 Å². The van der Waals surface area contributed by atoms with Crippen LogP contribution >= 0.6 is 11.6 Å². The molecule has 3 heterocycles. The maximum absolute atomic E-state index is 13.2. The molecule has 9 heteroatoms. The van der Waals surface area contributed by atoms with E-state index >= 15 is 0 Å². The predicted octanol–water partition coefficient (Wildman–Crippen LogP) is 3.06. The Hall–Kier alpha value is -2.32. The van der Waals surface area contributed by atoms with E-state index in [9.17, 15) is 9.59 Å². The lowest BCUT2D eigenvalue weighted by Crippen LogP contribution is -2.49. The van der Waals surface area contributed by atoms with Crippen LogP contribution in [0.5, 0.6) is 0 Å². The second-order valence-corrected chi connectivity index (χ2v) is 10.3. The van der Waals surface area contributed by atoms with Gasteiger partial charge in [-0.15, -0.1) is 0 Å². The number of amides is 2. The van der Waals surface area contributed by atoms with Crippen LogP contribution in [0.2, 0.25) is 5.02 Å². The number of nitrogens with one attached hydrogen (secondary N) is 2. The Morgan fingerprint density at radius 1 is 1.32 bits per heavy atom. The second-order valence-electron chi connectivity index (χ2n) is 9.86. The molecule has 166 valence electrons. The molecule has 1 aromatic carbocycles. The zero-order valence-corrected chi connectivity index (χ0v) is 18.7. The van der Waals surface area contributed by atoms with Crippen molar-refractivity contribution in [2.24, 2.45) is 17.8 Å². The van der Waals surface area contributed by atoms with Gasteiger partial charge in [-0.05, 0) is 50.8 Å². The molecule has 0 bridgehead atoms. The summed E-state index contributed by atoms with van der Waals surface area (Å²) in [4.78, 5) is 35.2. The van der Waals surface area contributed by atoms with Crippen molar-refractivity contribution in [3.05, 3.63) is 29.0 Å². The molecule has 8 nitrogen and oxygen atoms in total. The first-order chi connectivity index (χ1) is 14.7. The quantitative estimate of drug-likeness (QED) is 0.755. The summed E-state index contributed by atoms with van der Waals surface area (Å²) >= 11 is 6.10. The number of piperidine rings is 1. The summed E-state index contributed by atoms with van der Waals surface area (Å²) in [6.45, 7) is 7.61. The van der Waals surface area contributed by atoms with Gasteiger partial charge in [0, 0.05) is 37.1 Å². The summed E-state index contributed by atoms with van der Waals surface area (Å²) in [5, 5.41) is 3.86. The van der Waals surface area contributed by atoms with Crippen LogP contribution in [0, 0.1) is 17.8 Å². The van der Waals surface area contributed by atoms with Crippen molar-refractivity contribution in [2.45, 2.75) is 38.3 Å². The molecule has 3 aliphatic rings. The summed E-state index contributed by atoms with van der Waals surface area (Å²) in [5.41, 5.74) is 0.437. The van der Waals surface area contributed by atoms with E-state index in [2.05, 4.69) is 10.3 Å². The largest absolute Gasteiger partial charge is 0.444 e. The Bertz CT molecular complexity index is 1030. The maximum atomic E-state index is 13.2. The van der Waals surface area contributed by atoms with Gasteiger partial charge in [0.1, 0.15) is 17.0 Å². The van der Waals surface area contributed by atoms with Gasteiger partial charge in [0.2, 0.25) is 5.91 Å². The molecule has 1 saturated carbocycles. The fraction of sp³-hybridized carbons (Fsp3) is 0.591. The van der Waals surface area contributed by atoms with Gasteiger partial charge in [-0.25, -0.2) is 9.78 Å². The van der Waals surface area contributed by atoms with Crippen LogP contribution in [-0.2, 0) is 19.8 Å². The van der Waals surface area contributed by atoms with E-state index in [1.54, 1.807) is 11.0 Å². The number of halogens is 1. The number of aromatic amines is 1. The van der Waals surface area contributed by atoms with Gasteiger partial charge in [0.05, 0.1) is 17.6 Å². The molecule has 3 unspecified atom stereocenters. The summed E-state index contributed by atoms with van der Waals surface area (Å²) in [7, 11) is 0. The molecule has 2 saturated heterocycles. The normalized spacial score (nSPS) is 29.8. The smallest absolute Gasteiger partial charge is 0.410 e. The molecule has 2 N–H and O–H groups in total. The molecule has 2 aromatic rings. The first-order valence-corrected chi connectivity index (χ1v) is 11.1. The van der Waals surface area contributed by atoms with E-state index in [0.29, 0.717) is 43.6 Å². The lowest BCUT2D eigenvalue weighted by molar-refractivity contribution is -0.125. The third-order valence-electron chi connectivity index (χ3n) is 6.43. The Balaban J connectivity index is 1.27. The fourth-order valence-corrected chi connectivity index (χ4v) is 5.00. The zero-order chi connectivity index (χ0) is 22.0. The average molecular weight is 447 g/mol. The molecule has 5 rings (SSSR count). The Morgan fingerprint density at radius 3 is 2.71 bits per heavy atom. The lowest BCUT2D eigenvalue weighted by atomic mass is 9.97. The number of aromatic nitrogens is 2. The van der Waals surface area contributed by atoms with Crippen molar-refractivity contribution in [3.8, 4) is 0 Å².